The summed E-state index contributed by atoms with van der Waals surface area (Å²) in [6.07, 6.45) is 3.43. The van der Waals surface area contributed by atoms with Crippen molar-refractivity contribution in [3.8, 4) is 0 Å². The van der Waals surface area contributed by atoms with E-state index < -0.39 is 5.97 Å². The SMILES string of the molecule is NCC=Cc1cc(C(=O)O)ccc1N. The monoisotopic (exact) mass is 192 g/mol. The Morgan fingerprint density at radius 2 is 2.21 bits per heavy atom. The van der Waals surface area contributed by atoms with Gasteiger partial charge in [0.1, 0.15) is 0 Å². The Morgan fingerprint density at radius 1 is 1.50 bits per heavy atom. The summed E-state index contributed by atoms with van der Waals surface area (Å²) in [7, 11) is 0. The van der Waals surface area contributed by atoms with E-state index in [1.54, 1.807) is 18.2 Å². The molecule has 1 aromatic rings. The minimum Gasteiger partial charge on any atom is -0.478 e. The van der Waals surface area contributed by atoms with E-state index in [9.17, 15) is 4.79 Å². The van der Waals surface area contributed by atoms with Crippen LogP contribution in [0.25, 0.3) is 6.08 Å². The molecule has 1 rings (SSSR count). The lowest BCUT2D eigenvalue weighted by molar-refractivity contribution is 0.0697. The number of aromatic carboxylic acids is 1. The molecule has 0 fully saturated rings. The molecule has 0 saturated carbocycles. The summed E-state index contributed by atoms with van der Waals surface area (Å²) >= 11 is 0. The Labute approximate surface area is 81.8 Å². The maximum Gasteiger partial charge on any atom is 0.335 e. The molecule has 0 spiro atoms. The van der Waals surface area contributed by atoms with E-state index >= 15 is 0 Å². The molecular weight excluding hydrogens is 180 g/mol. The standard InChI is InChI=1S/C10H12N2O2/c11-5-1-2-7-6-8(10(13)14)3-4-9(7)12/h1-4,6H,5,11-12H2,(H,13,14). The Morgan fingerprint density at radius 3 is 2.79 bits per heavy atom. The van der Waals surface area contributed by atoms with Crippen molar-refractivity contribution in [3.63, 3.8) is 0 Å². The van der Waals surface area contributed by atoms with Gasteiger partial charge in [-0.05, 0) is 23.8 Å². The number of rotatable bonds is 3. The van der Waals surface area contributed by atoms with Crippen LogP contribution in [0, 0.1) is 0 Å². The molecule has 1 aromatic carbocycles. The third kappa shape index (κ3) is 2.34. The first-order chi connectivity index (χ1) is 6.65. The summed E-state index contributed by atoms with van der Waals surface area (Å²) < 4.78 is 0. The Bertz CT molecular complexity index is 372. The molecule has 0 saturated heterocycles. The van der Waals surface area contributed by atoms with Crippen molar-refractivity contribution in [1.29, 1.82) is 0 Å². The molecule has 14 heavy (non-hydrogen) atoms. The molecule has 0 radical (unpaired) electrons. The number of carboxylic acid groups (broad SMARTS) is 1. The minimum atomic E-state index is -0.965. The Hall–Kier alpha value is -1.81. The highest BCUT2D eigenvalue weighted by atomic mass is 16.4. The summed E-state index contributed by atoms with van der Waals surface area (Å²) in [5.41, 5.74) is 12.4. The maximum absolute atomic E-state index is 10.6. The molecule has 0 aromatic heterocycles. The zero-order chi connectivity index (χ0) is 10.6. The van der Waals surface area contributed by atoms with Crippen LogP contribution in [-0.4, -0.2) is 17.6 Å². The normalized spacial score (nSPS) is 10.6. The lowest BCUT2D eigenvalue weighted by atomic mass is 10.1. The molecule has 4 heteroatoms. The number of benzene rings is 1. The predicted molar refractivity (Wildman–Crippen MR) is 55.9 cm³/mol. The molecule has 0 amide bonds. The van der Waals surface area contributed by atoms with Crippen molar-refractivity contribution in [3.05, 3.63) is 35.4 Å². The first-order valence-electron chi connectivity index (χ1n) is 4.14. The second kappa shape index (κ2) is 4.43. The Balaban J connectivity index is 3.08. The molecule has 0 unspecified atom stereocenters. The summed E-state index contributed by atoms with van der Waals surface area (Å²) in [6, 6.07) is 4.56. The topological polar surface area (TPSA) is 89.3 Å². The quantitative estimate of drug-likeness (QED) is 0.622. The van der Waals surface area contributed by atoms with Gasteiger partial charge in [-0.25, -0.2) is 4.79 Å². The first kappa shape index (κ1) is 10.3. The maximum atomic E-state index is 10.6. The summed E-state index contributed by atoms with van der Waals surface area (Å²) in [4.78, 5) is 10.6. The second-order valence-electron chi connectivity index (χ2n) is 2.79. The first-order valence-corrected chi connectivity index (χ1v) is 4.14. The van der Waals surface area contributed by atoms with Crippen LogP contribution < -0.4 is 11.5 Å². The molecule has 4 nitrogen and oxygen atoms in total. The lowest BCUT2D eigenvalue weighted by Gasteiger charge is -2.01. The highest BCUT2D eigenvalue weighted by Gasteiger charge is 2.04. The number of hydrogen-bond donors (Lipinski definition) is 3. The van der Waals surface area contributed by atoms with Gasteiger partial charge in [0.2, 0.25) is 0 Å². The van der Waals surface area contributed by atoms with Gasteiger partial charge in [0.05, 0.1) is 5.56 Å². The average Bonchev–Trinajstić information content (AvgIpc) is 2.16. The smallest absolute Gasteiger partial charge is 0.335 e. The van der Waals surface area contributed by atoms with Crippen molar-refractivity contribution in [2.24, 2.45) is 5.73 Å². The number of hydrogen-bond acceptors (Lipinski definition) is 3. The number of carbonyl (C=O) groups is 1. The third-order valence-corrected chi connectivity index (χ3v) is 1.77. The van der Waals surface area contributed by atoms with Crippen LogP contribution in [0.5, 0.6) is 0 Å². The molecule has 74 valence electrons. The molecule has 0 aliphatic rings. The van der Waals surface area contributed by atoms with Crippen LogP contribution in [0.1, 0.15) is 15.9 Å². The number of nitrogen functional groups attached to an aromatic ring is 1. The van der Waals surface area contributed by atoms with Gasteiger partial charge < -0.3 is 16.6 Å². The largest absolute Gasteiger partial charge is 0.478 e. The van der Waals surface area contributed by atoms with Crippen LogP contribution >= 0.6 is 0 Å². The second-order valence-corrected chi connectivity index (χ2v) is 2.79. The summed E-state index contributed by atoms with van der Waals surface area (Å²) in [5.74, 6) is -0.965. The van der Waals surface area contributed by atoms with Gasteiger partial charge in [0.15, 0.2) is 0 Å². The van der Waals surface area contributed by atoms with E-state index in [1.165, 1.54) is 12.1 Å². The zero-order valence-electron chi connectivity index (χ0n) is 7.60. The number of carboxylic acids is 1. The number of nitrogens with two attached hydrogens (primary N) is 2. The van der Waals surface area contributed by atoms with Gasteiger partial charge in [-0.1, -0.05) is 12.2 Å². The van der Waals surface area contributed by atoms with Gasteiger partial charge in [-0.15, -0.1) is 0 Å². The lowest BCUT2D eigenvalue weighted by Crippen LogP contribution is -1.99. The minimum absolute atomic E-state index is 0.218. The van der Waals surface area contributed by atoms with Gasteiger partial charge in [-0.3, -0.25) is 0 Å². The van der Waals surface area contributed by atoms with Gasteiger partial charge in [-0.2, -0.15) is 0 Å². The predicted octanol–water partition coefficient (Wildman–Crippen LogP) is 0.939. The fourth-order valence-electron chi connectivity index (χ4n) is 1.05. The molecular formula is C10H12N2O2. The van der Waals surface area contributed by atoms with Gasteiger partial charge in [0, 0.05) is 12.2 Å². The average molecular weight is 192 g/mol. The highest BCUT2D eigenvalue weighted by Crippen LogP contribution is 2.15. The summed E-state index contributed by atoms with van der Waals surface area (Å²) in [6.45, 7) is 0.400. The van der Waals surface area contributed by atoms with Gasteiger partial charge >= 0.3 is 5.97 Å². The fourth-order valence-corrected chi connectivity index (χ4v) is 1.05. The molecule has 0 atom stereocenters. The van der Waals surface area contributed by atoms with E-state index in [2.05, 4.69) is 0 Å². The van der Waals surface area contributed by atoms with Crippen LogP contribution in [-0.2, 0) is 0 Å². The van der Waals surface area contributed by atoms with Crippen LogP contribution in [0.15, 0.2) is 24.3 Å². The van der Waals surface area contributed by atoms with Gasteiger partial charge in [0.25, 0.3) is 0 Å². The zero-order valence-corrected chi connectivity index (χ0v) is 7.60. The van der Waals surface area contributed by atoms with Crippen molar-refractivity contribution >= 4 is 17.7 Å². The van der Waals surface area contributed by atoms with Crippen LogP contribution in [0.4, 0.5) is 5.69 Å². The molecule has 0 bridgehead atoms. The van der Waals surface area contributed by atoms with Crippen LogP contribution in [0.3, 0.4) is 0 Å². The molecule has 0 heterocycles. The molecule has 0 aliphatic heterocycles. The van der Waals surface area contributed by atoms with Crippen molar-refractivity contribution in [1.82, 2.24) is 0 Å². The van der Waals surface area contributed by atoms with E-state index in [-0.39, 0.29) is 5.56 Å². The third-order valence-electron chi connectivity index (χ3n) is 1.77. The van der Waals surface area contributed by atoms with Crippen molar-refractivity contribution in [2.75, 3.05) is 12.3 Å². The summed E-state index contributed by atoms with van der Waals surface area (Å²) in [5, 5.41) is 8.74. The van der Waals surface area contributed by atoms with Crippen LogP contribution in [0.2, 0.25) is 0 Å². The van der Waals surface area contributed by atoms with Crippen molar-refractivity contribution < 1.29 is 9.90 Å². The molecule has 5 N–H and O–H groups in total. The van der Waals surface area contributed by atoms with E-state index in [1.807, 2.05) is 0 Å². The van der Waals surface area contributed by atoms with Crippen molar-refractivity contribution in [2.45, 2.75) is 0 Å². The molecule has 0 aliphatic carbocycles. The van der Waals surface area contributed by atoms with E-state index in [0.29, 0.717) is 17.8 Å². The Kier molecular flexibility index (Phi) is 3.25. The van der Waals surface area contributed by atoms with E-state index in [4.69, 9.17) is 16.6 Å². The fraction of sp³-hybridized carbons (Fsp3) is 0.100. The highest BCUT2D eigenvalue weighted by molar-refractivity contribution is 5.89. The van der Waals surface area contributed by atoms with E-state index in [0.717, 1.165) is 0 Å². The number of anilines is 1.